The monoisotopic (exact) mass is 259 g/mol. The van der Waals surface area contributed by atoms with Gasteiger partial charge >= 0.3 is 0 Å². The van der Waals surface area contributed by atoms with E-state index in [1.807, 2.05) is 11.3 Å². The molecule has 3 rings (SSSR count). The van der Waals surface area contributed by atoms with E-state index in [-0.39, 0.29) is 0 Å². The molecule has 1 unspecified atom stereocenters. The normalized spacial score (nSPS) is 17.8. The number of rotatable bonds is 5. The number of nitrogens with one attached hydrogen (secondary N) is 1. The summed E-state index contributed by atoms with van der Waals surface area (Å²) in [5.74, 6) is 0.979. The van der Waals surface area contributed by atoms with Crippen molar-refractivity contribution in [1.82, 2.24) is 5.32 Å². The summed E-state index contributed by atoms with van der Waals surface area (Å²) in [5, 5.41) is 7.31. The Balaban J connectivity index is 1.73. The summed E-state index contributed by atoms with van der Waals surface area (Å²) >= 11 is 1.88. The van der Waals surface area contributed by atoms with Crippen LogP contribution in [0.3, 0.4) is 0 Å². The summed E-state index contributed by atoms with van der Waals surface area (Å²) in [7, 11) is 2.11. The molecule has 1 heterocycles. The van der Waals surface area contributed by atoms with E-state index in [0.717, 1.165) is 5.92 Å². The molecule has 1 aliphatic rings. The fraction of sp³-hybridized carbons (Fsp3) is 0.500. The van der Waals surface area contributed by atoms with Crippen LogP contribution in [-0.4, -0.2) is 13.1 Å². The molecule has 1 aliphatic carbocycles. The Morgan fingerprint density at radius 2 is 2.17 bits per heavy atom. The van der Waals surface area contributed by atoms with Gasteiger partial charge in [-0.05, 0) is 48.2 Å². The standard InChI is InChI=1S/C16H21NS/c1-17-14(9-12-5-4-6-12)10-13-11-18-16-8-3-2-7-15(13)16/h2-3,7-8,11-12,14,17H,4-6,9-10H2,1H3. The summed E-state index contributed by atoms with van der Waals surface area (Å²) < 4.78 is 1.42. The molecule has 96 valence electrons. The molecule has 0 bridgehead atoms. The summed E-state index contributed by atoms with van der Waals surface area (Å²) in [6, 6.07) is 9.42. The lowest BCUT2D eigenvalue weighted by Crippen LogP contribution is -2.31. The van der Waals surface area contributed by atoms with Gasteiger partial charge in [-0.3, -0.25) is 0 Å². The smallest absolute Gasteiger partial charge is 0.0345 e. The van der Waals surface area contributed by atoms with E-state index in [4.69, 9.17) is 0 Å². The van der Waals surface area contributed by atoms with Gasteiger partial charge in [0.25, 0.3) is 0 Å². The minimum atomic E-state index is 0.647. The predicted molar refractivity (Wildman–Crippen MR) is 80.3 cm³/mol. The Morgan fingerprint density at radius 3 is 2.89 bits per heavy atom. The van der Waals surface area contributed by atoms with Gasteiger partial charge in [0.15, 0.2) is 0 Å². The van der Waals surface area contributed by atoms with E-state index in [9.17, 15) is 0 Å². The highest BCUT2D eigenvalue weighted by atomic mass is 32.1. The van der Waals surface area contributed by atoms with Gasteiger partial charge in [-0.2, -0.15) is 0 Å². The maximum Gasteiger partial charge on any atom is 0.0345 e. The van der Waals surface area contributed by atoms with Crippen LogP contribution in [0.15, 0.2) is 29.6 Å². The molecule has 0 aliphatic heterocycles. The van der Waals surface area contributed by atoms with Gasteiger partial charge in [0.05, 0.1) is 0 Å². The van der Waals surface area contributed by atoms with Crippen molar-refractivity contribution in [2.75, 3.05) is 7.05 Å². The van der Waals surface area contributed by atoms with Crippen molar-refractivity contribution in [3.8, 4) is 0 Å². The minimum absolute atomic E-state index is 0.647. The van der Waals surface area contributed by atoms with Gasteiger partial charge in [-0.15, -0.1) is 11.3 Å². The van der Waals surface area contributed by atoms with Crippen molar-refractivity contribution in [3.05, 3.63) is 35.2 Å². The molecule has 1 fully saturated rings. The first-order valence-corrected chi connectivity index (χ1v) is 7.87. The quantitative estimate of drug-likeness (QED) is 0.847. The molecule has 1 atom stereocenters. The number of thiophene rings is 1. The molecular formula is C16H21NS. The number of hydrogen-bond acceptors (Lipinski definition) is 2. The van der Waals surface area contributed by atoms with Crippen LogP contribution in [0.1, 0.15) is 31.2 Å². The summed E-state index contributed by atoms with van der Waals surface area (Å²) in [6.07, 6.45) is 6.87. The summed E-state index contributed by atoms with van der Waals surface area (Å²) in [5.41, 5.74) is 1.52. The van der Waals surface area contributed by atoms with Gasteiger partial charge in [0, 0.05) is 10.7 Å². The average molecular weight is 259 g/mol. The third-order valence-corrected chi connectivity index (χ3v) is 5.29. The number of hydrogen-bond donors (Lipinski definition) is 1. The molecule has 18 heavy (non-hydrogen) atoms. The van der Waals surface area contributed by atoms with Crippen LogP contribution in [0, 0.1) is 5.92 Å². The van der Waals surface area contributed by atoms with Crippen LogP contribution in [0.5, 0.6) is 0 Å². The molecule has 2 heteroatoms. The Morgan fingerprint density at radius 1 is 1.33 bits per heavy atom. The zero-order valence-electron chi connectivity index (χ0n) is 11.0. The minimum Gasteiger partial charge on any atom is -0.317 e. The second-order valence-electron chi connectivity index (χ2n) is 5.48. The van der Waals surface area contributed by atoms with E-state index in [2.05, 4.69) is 42.0 Å². The molecule has 0 saturated heterocycles. The van der Waals surface area contributed by atoms with Gasteiger partial charge in [-0.25, -0.2) is 0 Å². The Labute approximate surface area is 113 Å². The van der Waals surface area contributed by atoms with Gasteiger partial charge < -0.3 is 5.32 Å². The first-order valence-electron chi connectivity index (χ1n) is 6.99. The van der Waals surface area contributed by atoms with Crippen LogP contribution < -0.4 is 5.32 Å². The lowest BCUT2D eigenvalue weighted by atomic mass is 9.80. The van der Waals surface area contributed by atoms with E-state index >= 15 is 0 Å². The maximum absolute atomic E-state index is 3.51. The SMILES string of the molecule is CNC(Cc1csc2ccccc12)CC1CCC1. The van der Waals surface area contributed by atoms with Crippen molar-refractivity contribution in [3.63, 3.8) is 0 Å². The van der Waals surface area contributed by atoms with Crippen molar-refractivity contribution in [2.24, 2.45) is 5.92 Å². The van der Waals surface area contributed by atoms with Crippen molar-refractivity contribution in [2.45, 2.75) is 38.1 Å². The Bertz CT molecular complexity index is 513. The number of likely N-dealkylation sites (N-methyl/N-ethyl adjacent to an activating group) is 1. The molecule has 0 radical (unpaired) electrons. The lowest BCUT2D eigenvalue weighted by molar-refractivity contribution is 0.264. The molecular weight excluding hydrogens is 238 g/mol. The van der Waals surface area contributed by atoms with Gasteiger partial charge in [0.2, 0.25) is 0 Å². The van der Waals surface area contributed by atoms with Crippen LogP contribution >= 0.6 is 11.3 Å². The molecule has 0 spiro atoms. The number of benzene rings is 1. The van der Waals surface area contributed by atoms with E-state index in [1.165, 1.54) is 47.8 Å². The third kappa shape index (κ3) is 2.45. The first kappa shape index (κ1) is 12.2. The van der Waals surface area contributed by atoms with E-state index in [1.54, 1.807) is 0 Å². The van der Waals surface area contributed by atoms with Crippen LogP contribution in [0.2, 0.25) is 0 Å². The van der Waals surface area contributed by atoms with E-state index in [0.29, 0.717) is 6.04 Å². The zero-order chi connectivity index (χ0) is 12.4. The third-order valence-electron chi connectivity index (χ3n) is 4.28. The van der Waals surface area contributed by atoms with Gasteiger partial charge in [0.1, 0.15) is 0 Å². The molecule has 1 aromatic carbocycles. The highest BCUT2D eigenvalue weighted by Crippen LogP contribution is 2.32. The lowest BCUT2D eigenvalue weighted by Gasteiger charge is -2.29. The highest BCUT2D eigenvalue weighted by Gasteiger charge is 2.22. The Kier molecular flexibility index (Phi) is 3.67. The second kappa shape index (κ2) is 5.41. The second-order valence-corrected chi connectivity index (χ2v) is 6.39. The summed E-state index contributed by atoms with van der Waals surface area (Å²) in [4.78, 5) is 0. The Hall–Kier alpha value is -0.860. The molecule has 2 aromatic rings. The largest absolute Gasteiger partial charge is 0.317 e. The predicted octanol–water partition coefficient (Wildman–Crippen LogP) is 4.22. The van der Waals surface area contributed by atoms with Crippen LogP contribution in [-0.2, 0) is 6.42 Å². The molecule has 1 N–H and O–H groups in total. The molecule has 1 aromatic heterocycles. The molecule has 0 amide bonds. The number of fused-ring (bicyclic) bond motifs is 1. The zero-order valence-corrected chi connectivity index (χ0v) is 11.8. The first-order chi connectivity index (χ1) is 8.86. The van der Waals surface area contributed by atoms with Crippen molar-refractivity contribution in [1.29, 1.82) is 0 Å². The van der Waals surface area contributed by atoms with Gasteiger partial charge in [-0.1, -0.05) is 37.5 Å². The summed E-state index contributed by atoms with van der Waals surface area (Å²) in [6.45, 7) is 0. The van der Waals surface area contributed by atoms with Crippen molar-refractivity contribution >= 4 is 21.4 Å². The fourth-order valence-corrected chi connectivity index (χ4v) is 3.87. The highest BCUT2D eigenvalue weighted by molar-refractivity contribution is 7.17. The maximum atomic E-state index is 3.51. The fourth-order valence-electron chi connectivity index (χ4n) is 2.89. The van der Waals surface area contributed by atoms with E-state index < -0.39 is 0 Å². The van der Waals surface area contributed by atoms with Crippen LogP contribution in [0.25, 0.3) is 10.1 Å². The average Bonchev–Trinajstić information content (AvgIpc) is 2.75. The molecule has 1 nitrogen and oxygen atoms in total. The molecule has 1 saturated carbocycles. The topological polar surface area (TPSA) is 12.0 Å². The van der Waals surface area contributed by atoms with Crippen LogP contribution in [0.4, 0.5) is 0 Å². The van der Waals surface area contributed by atoms with Crippen molar-refractivity contribution < 1.29 is 0 Å².